The van der Waals surface area contributed by atoms with Crippen molar-refractivity contribution in [2.24, 2.45) is 0 Å². The summed E-state index contributed by atoms with van der Waals surface area (Å²) in [5.41, 5.74) is -0.728. The van der Waals surface area contributed by atoms with Gasteiger partial charge in [0.2, 0.25) is 5.60 Å². The molecule has 3 unspecified atom stereocenters. The summed E-state index contributed by atoms with van der Waals surface area (Å²) in [4.78, 5) is 15.6. The lowest BCUT2D eigenvalue weighted by Crippen LogP contribution is -2.44. The summed E-state index contributed by atoms with van der Waals surface area (Å²) < 4.78 is 5.94. The third kappa shape index (κ3) is 2.83. The van der Waals surface area contributed by atoms with E-state index >= 15 is 0 Å². The van der Waals surface area contributed by atoms with E-state index in [2.05, 4.69) is 11.9 Å². The van der Waals surface area contributed by atoms with Crippen LogP contribution in [-0.2, 0) is 15.1 Å². The molecule has 2 heterocycles. The minimum absolute atomic E-state index is 0.154. The van der Waals surface area contributed by atoms with Crippen molar-refractivity contribution in [3.8, 4) is 0 Å². The van der Waals surface area contributed by atoms with Gasteiger partial charge in [-0.15, -0.1) is 0 Å². The van der Waals surface area contributed by atoms with Gasteiger partial charge in [0.15, 0.2) is 0 Å². The number of rotatable bonds is 4. The number of nitrogens with zero attached hydrogens (tertiary/aromatic N) is 1. The minimum Gasteiger partial charge on any atom is -0.458 e. The van der Waals surface area contributed by atoms with E-state index in [0.29, 0.717) is 17.2 Å². The van der Waals surface area contributed by atoms with Crippen molar-refractivity contribution in [1.82, 2.24) is 4.90 Å². The summed E-state index contributed by atoms with van der Waals surface area (Å²) in [6.45, 7) is 0. The summed E-state index contributed by atoms with van der Waals surface area (Å²) in [5, 5.41) is 11.5. The second kappa shape index (κ2) is 6.86. The van der Waals surface area contributed by atoms with E-state index in [1.54, 1.807) is 24.3 Å². The SMILES string of the molecule is CN1C2CCCC1C(OC(=O)C(O)(c1ccccc1)c1ccccc1)C2. The van der Waals surface area contributed by atoms with Crippen molar-refractivity contribution in [2.45, 2.75) is 49.5 Å². The fourth-order valence-electron chi connectivity index (χ4n) is 4.51. The Morgan fingerprint density at radius 2 is 1.62 bits per heavy atom. The molecule has 0 amide bonds. The van der Waals surface area contributed by atoms with Gasteiger partial charge in [-0.1, -0.05) is 67.1 Å². The van der Waals surface area contributed by atoms with Crippen LogP contribution < -0.4 is 0 Å². The molecule has 2 aromatic rings. The average Bonchev–Trinajstić information content (AvgIpc) is 2.85. The molecule has 0 aromatic heterocycles. The van der Waals surface area contributed by atoms with Gasteiger partial charge in [-0.2, -0.15) is 0 Å². The van der Waals surface area contributed by atoms with Crippen LogP contribution in [-0.4, -0.2) is 41.2 Å². The first-order chi connectivity index (χ1) is 12.6. The molecule has 2 aliphatic heterocycles. The lowest BCUT2D eigenvalue weighted by atomic mass is 9.86. The number of benzene rings is 2. The lowest BCUT2D eigenvalue weighted by molar-refractivity contribution is -0.169. The number of aliphatic hydroxyl groups is 1. The molecule has 26 heavy (non-hydrogen) atoms. The number of fused-ring (bicyclic) bond motifs is 2. The van der Waals surface area contributed by atoms with Gasteiger partial charge in [0, 0.05) is 18.5 Å². The first-order valence-corrected chi connectivity index (χ1v) is 9.37. The Morgan fingerprint density at radius 1 is 1.04 bits per heavy atom. The predicted molar refractivity (Wildman–Crippen MR) is 99.6 cm³/mol. The van der Waals surface area contributed by atoms with Gasteiger partial charge in [-0.25, -0.2) is 4.79 Å². The number of carbonyl (C=O) groups excluding carboxylic acids is 1. The highest BCUT2D eigenvalue weighted by atomic mass is 16.6. The molecule has 3 atom stereocenters. The fourth-order valence-corrected chi connectivity index (χ4v) is 4.51. The van der Waals surface area contributed by atoms with Crippen LogP contribution in [0.25, 0.3) is 0 Å². The van der Waals surface area contributed by atoms with Crippen molar-refractivity contribution in [2.75, 3.05) is 7.05 Å². The van der Waals surface area contributed by atoms with E-state index in [4.69, 9.17) is 4.74 Å². The van der Waals surface area contributed by atoms with Gasteiger partial charge in [-0.3, -0.25) is 4.90 Å². The van der Waals surface area contributed by atoms with E-state index in [0.717, 1.165) is 19.3 Å². The van der Waals surface area contributed by atoms with Crippen LogP contribution in [0.4, 0.5) is 0 Å². The van der Waals surface area contributed by atoms with Crippen molar-refractivity contribution >= 4 is 5.97 Å². The van der Waals surface area contributed by atoms with Crippen LogP contribution in [0, 0.1) is 0 Å². The molecule has 2 saturated heterocycles. The first-order valence-electron chi connectivity index (χ1n) is 9.37. The molecule has 136 valence electrons. The summed E-state index contributed by atoms with van der Waals surface area (Å²) >= 11 is 0. The normalized spacial score (nSPS) is 25.8. The molecule has 4 heteroatoms. The molecule has 2 fully saturated rings. The Balaban J connectivity index is 1.66. The maximum atomic E-state index is 13.2. The van der Waals surface area contributed by atoms with E-state index in [1.807, 2.05) is 36.4 Å². The van der Waals surface area contributed by atoms with Gasteiger partial charge < -0.3 is 9.84 Å². The molecule has 2 bridgehead atoms. The number of carbonyl (C=O) groups is 1. The number of ether oxygens (including phenoxy) is 1. The molecular weight excluding hydrogens is 326 g/mol. The Bertz CT molecular complexity index is 722. The Kier molecular flexibility index (Phi) is 4.55. The van der Waals surface area contributed by atoms with Crippen molar-refractivity contribution in [3.63, 3.8) is 0 Å². The molecule has 2 aliphatic rings. The van der Waals surface area contributed by atoms with Gasteiger partial charge in [0.25, 0.3) is 0 Å². The zero-order valence-corrected chi connectivity index (χ0v) is 15.0. The summed E-state index contributed by atoms with van der Waals surface area (Å²) in [5.74, 6) is -0.583. The van der Waals surface area contributed by atoms with Gasteiger partial charge in [0.1, 0.15) is 6.10 Å². The van der Waals surface area contributed by atoms with Crippen LogP contribution in [0.1, 0.15) is 36.8 Å². The number of esters is 1. The van der Waals surface area contributed by atoms with Crippen LogP contribution in [0.15, 0.2) is 60.7 Å². The highest BCUT2D eigenvalue weighted by Gasteiger charge is 2.48. The van der Waals surface area contributed by atoms with Crippen LogP contribution in [0.3, 0.4) is 0 Å². The Hall–Kier alpha value is -2.17. The second-order valence-electron chi connectivity index (χ2n) is 7.44. The minimum atomic E-state index is -1.79. The van der Waals surface area contributed by atoms with Crippen LogP contribution >= 0.6 is 0 Å². The number of piperidine rings is 1. The molecule has 0 radical (unpaired) electrons. The first kappa shape index (κ1) is 17.3. The van der Waals surface area contributed by atoms with Crippen LogP contribution in [0.5, 0.6) is 0 Å². The lowest BCUT2D eigenvalue weighted by Gasteiger charge is -2.33. The maximum absolute atomic E-state index is 13.2. The summed E-state index contributed by atoms with van der Waals surface area (Å²) in [6.07, 6.45) is 4.07. The zero-order valence-electron chi connectivity index (χ0n) is 15.0. The van der Waals surface area contributed by atoms with Crippen molar-refractivity contribution in [3.05, 3.63) is 71.8 Å². The number of hydrogen-bond acceptors (Lipinski definition) is 4. The third-order valence-electron chi connectivity index (χ3n) is 6.01. The van der Waals surface area contributed by atoms with E-state index in [-0.39, 0.29) is 12.1 Å². The molecule has 2 aromatic carbocycles. The van der Waals surface area contributed by atoms with E-state index in [9.17, 15) is 9.90 Å². The van der Waals surface area contributed by atoms with Crippen molar-refractivity contribution < 1.29 is 14.6 Å². The van der Waals surface area contributed by atoms with Crippen molar-refractivity contribution in [1.29, 1.82) is 0 Å². The third-order valence-corrected chi connectivity index (χ3v) is 6.01. The topological polar surface area (TPSA) is 49.8 Å². The van der Waals surface area contributed by atoms with Gasteiger partial charge >= 0.3 is 5.97 Å². The molecule has 0 aliphatic carbocycles. The molecule has 0 spiro atoms. The summed E-state index contributed by atoms with van der Waals surface area (Å²) in [7, 11) is 2.11. The zero-order chi connectivity index (χ0) is 18.1. The predicted octanol–water partition coefficient (Wildman–Crippen LogP) is 3.09. The van der Waals surface area contributed by atoms with Crippen LogP contribution in [0.2, 0.25) is 0 Å². The molecule has 4 nitrogen and oxygen atoms in total. The molecular formula is C22H25NO3. The smallest absolute Gasteiger partial charge is 0.348 e. The average molecular weight is 351 g/mol. The standard InChI is InChI=1S/C22H25NO3/c1-23-18-13-8-14-19(23)20(15-18)26-21(24)22(25,16-9-4-2-5-10-16)17-11-6-3-7-12-17/h2-7,9-12,18-20,25H,8,13-15H2,1H3. The Labute approximate surface area is 154 Å². The van der Waals surface area contributed by atoms with Gasteiger partial charge in [-0.05, 0) is 31.0 Å². The highest BCUT2D eigenvalue weighted by Crippen LogP contribution is 2.38. The van der Waals surface area contributed by atoms with Gasteiger partial charge in [0.05, 0.1) is 0 Å². The molecule has 0 saturated carbocycles. The monoisotopic (exact) mass is 351 g/mol. The highest BCUT2D eigenvalue weighted by molar-refractivity contribution is 5.85. The molecule has 4 rings (SSSR count). The number of hydrogen-bond donors (Lipinski definition) is 1. The Morgan fingerprint density at radius 3 is 2.15 bits per heavy atom. The molecule has 1 N–H and O–H groups in total. The quantitative estimate of drug-likeness (QED) is 0.860. The second-order valence-corrected chi connectivity index (χ2v) is 7.44. The fraction of sp³-hybridized carbons (Fsp3) is 0.409. The number of likely N-dealkylation sites (N-methyl/N-ethyl adjacent to an activating group) is 1. The van der Waals surface area contributed by atoms with E-state index < -0.39 is 11.6 Å². The maximum Gasteiger partial charge on any atom is 0.348 e. The largest absolute Gasteiger partial charge is 0.458 e. The van der Waals surface area contributed by atoms with E-state index in [1.165, 1.54) is 6.42 Å². The summed E-state index contributed by atoms with van der Waals surface area (Å²) in [6, 6.07) is 18.9.